The molecule has 2 heterocycles. The number of esters is 1. The Bertz CT molecular complexity index is 871. The van der Waals surface area contributed by atoms with E-state index in [1.165, 1.54) is 7.11 Å². The first kappa shape index (κ1) is 16.6. The number of aromatic nitrogens is 2. The van der Waals surface area contributed by atoms with Gasteiger partial charge < -0.3 is 14.5 Å². The Morgan fingerprint density at radius 1 is 1.30 bits per heavy atom. The molecule has 0 aromatic carbocycles. The van der Waals surface area contributed by atoms with Crippen molar-refractivity contribution in [2.24, 2.45) is 17.3 Å². The van der Waals surface area contributed by atoms with Gasteiger partial charge in [-0.15, -0.1) is 0 Å². The van der Waals surface area contributed by atoms with Crippen LogP contribution >= 0.6 is 0 Å². The van der Waals surface area contributed by atoms with Gasteiger partial charge in [0.25, 0.3) is 5.91 Å². The van der Waals surface area contributed by atoms with Gasteiger partial charge in [0.1, 0.15) is 5.69 Å². The van der Waals surface area contributed by atoms with E-state index < -0.39 is 5.41 Å². The van der Waals surface area contributed by atoms with Crippen LogP contribution in [-0.2, 0) is 9.53 Å². The highest BCUT2D eigenvalue weighted by atomic mass is 16.5. The molecule has 4 saturated carbocycles. The lowest BCUT2D eigenvalue weighted by molar-refractivity contribution is -0.171. The lowest BCUT2D eigenvalue weighted by atomic mass is 9.47. The molecular formula is C20H23N3O4. The van der Waals surface area contributed by atoms with Gasteiger partial charge in [0.15, 0.2) is 11.5 Å². The predicted molar refractivity (Wildman–Crippen MR) is 95.6 cm³/mol. The van der Waals surface area contributed by atoms with E-state index in [1.807, 2.05) is 6.07 Å². The normalized spacial score (nSPS) is 33.8. The first-order chi connectivity index (χ1) is 13.0. The Balaban J connectivity index is 1.39. The van der Waals surface area contributed by atoms with Crippen molar-refractivity contribution in [2.75, 3.05) is 7.11 Å². The summed E-state index contributed by atoms with van der Waals surface area (Å²) >= 11 is 0. The molecule has 2 atom stereocenters. The molecule has 2 unspecified atom stereocenters. The Morgan fingerprint density at radius 3 is 2.74 bits per heavy atom. The minimum absolute atomic E-state index is 0.116. The summed E-state index contributed by atoms with van der Waals surface area (Å²) in [4.78, 5) is 25.5. The second kappa shape index (κ2) is 5.71. The van der Waals surface area contributed by atoms with Crippen molar-refractivity contribution in [1.29, 1.82) is 0 Å². The minimum Gasteiger partial charge on any atom is -0.469 e. The highest BCUT2D eigenvalue weighted by Crippen LogP contribution is 2.62. The number of hydrogen-bond donors (Lipinski definition) is 2. The zero-order valence-corrected chi connectivity index (χ0v) is 15.3. The second-order valence-corrected chi connectivity index (χ2v) is 8.61. The van der Waals surface area contributed by atoms with Gasteiger partial charge in [0.05, 0.1) is 18.8 Å². The molecule has 7 heteroatoms. The lowest BCUT2D eigenvalue weighted by Crippen LogP contribution is -2.64. The average molecular weight is 369 g/mol. The smallest absolute Gasteiger partial charge is 0.311 e. The fourth-order valence-electron chi connectivity index (χ4n) is 6.17. The summed E-state index contributed by atoms with van der Waals surface area (Å²) in [5, 5.41) is 10.2. The average Bonchev–Trinajstić information content (AvgIpc) is 3.30. The maximum Gasteiger partial charge on any atom is 0.311 e. The summed E-state index contributed by atoms with van der Waals surface area (Å²) in [5.41, 5.74) is 0.238. The van der Waals surface area contributed by atoms with Crippen molar-refractivity contribution in [3.8, 4) is 11.5 Å². The van der Waals surface area contributed by atoms with E-state index in [2.05, 4.69) is 15.5 Å². The Kier molecular flexibility index (Phi) is 3.51. The first-order valence-corrected chi connectivity index (χ1v) is 9.51. The van der Waals surface area contributed by atoms with Gasteiger partial charge in [0.2, 0.25) is 0 Å². The van der Waals surface area contributed by atoms with Crippen molar-refractivity contribution < 1.29 is 18.7 Å². The number of furan rings is 1. The molecule has 4 bridgehead atoms. The van der Waals surface area contributed by atoms with E-state index in [0.717, 1.165) is 32.1 Å². The van der Waals surface area contributed by atoms with Crippen molar-refractivity contribution >= 4 is 11.9 Å². The molecule has 142 valence electrons. The number of aromatic amines is 1. The molecule has 6 rings (SSSR count). The monoisotopic (exact) mass is 369 g/mol. The molecule has 7 nitrogen and oxygen atoms in total. The highest BCUT2D eigenvalue weighted by molar-refractivity contribution is 5.94. The molecular weight excluding hydrogens is 346 g/mol. The summed E-state index contributed by atoms with van der Waals surface area (Å²) in [6.45, 7) is 0. The summed E-state index contributed by atoms with van der Waals surface area (Å²) in [6.07, 6.45) is 7.05. The van der Waals surface area contributed by atoms with E-state index in [-0.39, 0.29) is 17.4 Å². The molecule has 0 radical (unpaired) electrons. The number of amides is 1. The van der Waals surface area contributed by atoms with Crippen LogP contribution in [0.2, 0.25) is 0 Å². The van der Waals surface area contributed by atoms with E-state index in [1.54, 1.807) is 18.4 Å². The third-order valence-electron chi connectivity index (χ3n) is 6.66. The predicted octanol–water partition coefficient (Wildman–Crippen LogP) is 2.91. The summed E-state index contributed by atoms with van der Waals surface area (Å²) in [6, 6.07) is 5.30. The Morgan fingerprint density at radius 2 is 2.07 bits per heavy atom. The van der Waals surface area contributed by atoms with Crippen LogP contribution in [0.3, 0.4) is 0 Å². The van der Waals surface area contributed by atoms with Crippen LogP contribution in [0.5, 0.6) is 0 Å². The van der Waals surface area contributed by atoms with Gasteiger partial charge in [0, 0.05) is 11.6 Å². The van der Waals surface area contributed by atoms with Crippen LogP contribution in [-0.4, -0.2) is 34.7 Å². The zero-order valence-electron chi connectivity index (χ0n) is 15.3. The SMILES string of the molecule is COC(=O)C12CC3CC(CC(NC(=O)c4cc(-c5ccco5)[nH]n4)(C3)C1)C2. The number of carbonyl (C=O) groups is 2. The molecule has 4 aliphatic carbocycles. The number of methoxy groups -OCH3 is 1. The largest absolute Gasteiger partial charge is 0.469 e. The highest BCUT2D eigenvalue weighted by Gasteiger charge is 2.61. The van der Waals surface area contributed by atoms with E-state index in [0.29, 0.717) is 35.4 Å². The van der Waals surface area contributed by atoms with Crippen molar-refractivity contribution in [3.05, 3.63) is 30.2 Å². The van der Waals surface area contributed by atoms with Gasteiger partial charge in [-0.1, -0.05) is 0 Å². The molecule has 2 aromatic rings. The van der Waals surface area contributed by atoms with Gasteiger partial charge >= 0.3 is 5.97 Å². The summed E-state index contributed by atoms with van der Waals surface area (Å²) in [7, 11) is 1.46. The van der Waals surface area contributed by atoms with Gasteiger partial charge in [-0.3, -0.25) is 14.7 Å². The number of hydrogen-bond acceptors (Lipinski definition) is 5. The fraction of sp³-hybridized carbons (Fsp3) is 0.550. The minimum atomic E-state index is -0.434. The zero-order chi connectivity index (χ0) is 18.6. The van der Waals surface area contributed by atoms with E-state index in [9.17, 15) is 9.59 Å². The summed E-state index contributed by atoms with van der Waals surface area (Å²) in [5.74, 6) is 1.27. The molecule has 0 spiro atoms. The number of H-pyrrole nitrogens is 1. The molecule has 4 aliphatic rings. The van der Waals surface area contributed by atoms with E-state index in [4.69, 9.17) is 9.15 Å². The molecule has 2 N–H and O–H groups in total. The standard InChI is InChI=1S/C20H23N3O4/c1-26-18(25)19-7-12-5-13(8-19)10-20(9-12,11-19)21-17(24)15-6-14(22-23-15)16-3-2-4-27-16/h2-4,6,12-13H,5,7-11H2,1H3,(H,21,24)(H,22,23). The molecule has 1 amide bonds. The Labute approximate surface area is 156 Å². The fourth-order valence-corrected chi connectivity index (χ4v) is 6.17. The third kappa shape index (κ3) is 2.59. The van der Waals surface area contributed by atoms with E-state index >= 15 is 0 Å². The topological polar surface area (TPSA) is 97.2 Å². The van der Waals surface area contributed by atoms with Crippen molar-refractivity contribution in [2.45, 2.75) is 44.1 Å². The lowest BCUT2D eigenvalue weighted by Gasteiger charge is -2.60. The van der Waals surface area contributed by atoms with Crippen LogP contribution in [0.1, 0.15) is 49.0 Å². The number of nitrogens with zero attached hydrogens (tertiary/aromatic N) is 1. The number of rotatable bonds is 4. The van der Waals surface area contributed by atoms with Crippen LogP contribution in [0.15, 0.2) is 28.9 Å². The third-order valence-corrected chi connectivity index (χ3v) is 6.66. The molecule has 27 heavy (non-hydrogen) atoms. The molecule has 0 aliphatic heterocycles. The van der Waals surface area contributed by atoms with Crippen molar-refractivity contribution in [3.63, 3.8) is 0 Å². The maximum absolute atomic E-state index is 12.9. The van der Waals surface area contributed by atoms with Crippen LogP contribution < -0.4 is 5.32 Å². The number of carbonyl (C=O) groups excluding carboxylic acids is 2. The second-order valence-electron chi connectivity index (χ2n) is 8.61. The quantitative estimate of drug-likeness (QED) is 0.808. The molecule has 2 aromatic heterocycles. The first-order valence-electron chi connectivity index (χ1n) is 9.51. The van der Waals surface area contributed by atoms with Crippen LogP contribution in [0.4, 0.5) is 0 Å². The Hall–Kier alpha value is -2.57. The molecule has 0 saturated heterocycles. The van der Waals surface area contributed by atoms with Gasteiger partial charge in [-0.2, -0.15) is 5.10 Å². The number of ether oxygens (including phenoxy) is 1. The van der Waals surface area contributed by atoms with Gasteiger partial charge in [-0.25, -0.2) is 0 Å². The van der Waals surface area contributed by atoms with Crippen LogP contribution in [0, 0.1) is 17.3 Å². The number of nitrogens with one attached hydrogen (secondary N) is 2. The van der Waals surface area contributed by atoms with Crippen molar-refractivity contribution in [1.82, 2.24) is 15.5 Å². The van der Waals surface area contributed by atoms with Gasteiger partial charge in [-0.05, 0) is 62.5 Å². The maximum atomic E-state index is 12.9. The summed E-state index contributed by atoms with van der Waals surface area (Å²) < 4.78 is 10.5. The molecule has 4 fully saturated rings. The van der Waals surface area contributed by atoms with Crippen LogP contribution in [0.25, 0.3) is 11.5 Å².